The van der Waals surface area contributed by atoms with E-state index >= 15 is 0 Å². The molecule has 3 aliphatic rings. The highest BCUT2D eigenvalue weighted by Crippen LogP contribution is 2.67. The number of aliphatic hydroxyl groups is 1. The molecule has 1 aliphatic heterocycles. The third-order valence-electron chi connectivity index (χ3n) is 11.2. The van der Waals surface area contributed by atoms with E-state index in [1.165, 1.54) is 13.8 Å². The average Bonchev–Trinajstić information content (AvgIpc) is 3.05. The number of hydrogen-bond acceptors (Lipinski definition) is 11. The maximum absolute atomic E-state index is 13.6. The van der Waals surface area contributed by atoms with Crippen LogP contribution >= 0.6 is 0 Å². The highest BCUT2D eigenvalue weighted by atomic mass is 16.6. The minimum Gasteiger partial charge on any atom is -0.482 e. The Morgan fingerprint density at radius 3 is 2.43 bits per heavy atom. The standard InChI is InChI=1S/C38H43NO10/c1-22(40)45-21-37(4)28-19-30(48-31(42)14-13-24-10-7-6-8-11-24)38(5)34(36(28,3)16-15-29(37)46-23(2)41)33(43)32-27(49-38)18-26(47-35(32)44)25-12-9-17-39-20-25/h6-12,17-18,20,28-30,33-34,43H,13-16,19,21H2,1-5H3/t28?,29-,30-,33-,34?,36-,37-,38+/m0/s1. The molecule has 3 aromatic rings. The molecule has 6 rings (SSSR count). The quantitative estimate of drug-likeness (QED) is 0.243. The zero-order valence-electron chi connectivity index (χ0n) is 28.5. The van der Waals surface area contributed by atoms with E-state index in [1.807, 2.05) is 51.1 Å². The SMILES string of the molecule is CC(=O)OC[C@@]1(C)C2C[C@H](OC(=O)CCc3ccccc3)[C@@]3(C)Oc4cc(-c5cccnc5)oc(=O)c4[C@H](O)C3[C@@]2(C)CC[C@@H]1OC(C)=O. The van der Waals surface area contributed by atoms with Gasteiger partial charge in [-0.1, -0.05) is 44.2 Å². The zero-order valence-corrected chi connectivity index (χ0v) is 28.5. The number of carbonyl (C=O) groups excluding carboxylic acids is 3. The van der Waals surface area contributed by atoms with Gasteiger partial charge in [0.25, 0.3) is 0 Å². The maximum Gasteiger partial charge on any atom is 0.345 e. The van der Waals surface area contributed by atoms with Crippen molar-refractivity contribution in [1.82, 2.24) is 4.98 Å². The lowest BCUT2D eigenvalue weighted by atomic mass is 9.42. The van der Waals surface area contributed by atoms with Crippen LogP contribution in [0.5, 0.6) is 5.75 Å². The molecular weight excluding hydrogens is 630 g/mol. The summed E-state index contributed by atoms with van der Waals surface area (Å²) in [7, 11) is 0. The van der Waals surface area contributed by atoms with Crippen molar-refractivity contribution in [3.8, 4) is 17.1 Å². The van der Waals surface area contributed by atoms with Gasteiger partial charge in [-0.15, -0.1) is 0 Å². The minimum absolute atomic E-state index is 0.0186. The summed E-state index contributed by atoms with van der Waals surface area (Å²) in [6.45, 7) is 8.33. The molecule has 11 nitrogen and oxygen atoms in total. The fourth-order valence-electron chi connectivity index (χ4n) is 8.95. The smallest absolute Gasteiger partial charge is 0.345 e. The van der Waals surface area contributed by atoms with Gasteiger partial charge >= 0.3 is 23.5 Å². The van der Waals surface area contributed by atoms with Crippen LogP contribution in [-0.2, 0) is 35.0 Å². The van der Waals surface area contributed by atoms with Gasteiger partial charge in [0.05, 0.1) is 6.10 Å². The second-order valence-electron chi connectivity index (χ2n) is 14.3. The number of pyridine rings is 1. The van der Waals surface area contributed by atoms with Crippen LogP contribution < -0.4 is 10.4 Å². The molecular formula is C38H43NO10. The predicted octanol–water partition coefficient (Wildman–Crippen LogP) is 5.37. The van der Waals surface area contributed by atoms with Gasteiger partial charge in [-0.2, -0.15) is 0 Å². The van der Waals surface area contributed by atoms with Crippen molar-refractivity contribution in [2.45, 2.75) is 90.6 Å². The third kappa shape index (κ3) is 6.24. The largest absolute Gasteiger partial charge is 0.482 e. The van der Waals surface area contributed by atoms with E-state index < -0.39 is 70.1 Å². The molecule has 260 valence electrons. The Bertz CT molecular complexity index is 1780. The lowest BCUT2D eigenvalue weighted by molar-refractivity contribution is -0.271. The van der Waals surface area contributed by atoms with E-state index in [0.717, 1.165) is 5.56 Å². The van der Waals surface area contributed by atoms with Gasteiger partial charge in [-0.05, 0) is 61.6 Å². The molecule has 49 heavy (non-hydrogen) atoms. The number of fused-ring (bicyclic) bond motifs is 4. The lowest BCUT2D eigenvalue weighted by Crippen LogP contribution is -2.71. The minimum atomic E-state index is -1.37. The van der Waals surface area contributed by atoms with Crippen LogP contribution in [0, 0.1) is 22.7 Å². The lowest BCUT2D eigenvalue weighted by Gasteiger charge is -2.66. The summed E-state index contributed by atoms with van der Waals surface area (Å²) < 4.78 is 30.3. The van der Waals surface area contributed by atoms with Gasteiger partial charge in [-0.3, -0.25) is 19.4 Å². The van der Waals surface area contributed by atoms with E-state index in [-0.39, 0.29) is 36.5 Å². The molecule has 8 atom stereocenters. The molecule has 1 N–H and O–H groups in total. The fraction of sp³-hybridized carbons (Fsp3) is 0.500. The number of nitrogens with zero attached hydrogens (tertiary/aromatic N) is 1. The molecule has 2 unspecified atom stereocenters. The van der Waals surface area contributed by atoms with Gasteiger partial charge in [0.2, 0.25) is 0 Å². The van der Waals surface area contributed by atoms with Crippen molar-refractivity contribution in [3.63, 3.8) is 0 Å². The van der Waals surface area contributed by atoms with Crippen molar-refractivity contribution >= 4 is 17.9 Å². The van der Waals surface area contributed by atoms with Crippen molar-refractivity contribution in [2.24, 2.45) is 22.7 Å². The number of benzene rings is 1. The number of rotatable bonds is 8. The number of aliphatic hydroxyl groups excluding tert-OH is 1. The summed E-state index contributed by atoms with van der Waals surface area (Å²) in [6, 6.07) is 14.6. The summed E-state index contributed by atoms with van der Waals surface area (Å²) in [5.41, 5.74) is -2.22. The number of hydrogen-bond donors (Lipinski definition) is 1. The molecule has 2 aromatic heterocycles. The van der Waals surface area contributed by atoms with Crippen LogP contribution in [0.4, 0.5) is 0 Å². The summed E-state index contributed by atoms with van der Waals surface area (Å²) in [5, 5.41) is 12.3. The van der Waals surface area contributed by atoms with Crippen LogP contribution in [0.15, 0.2) is 70.1 Å². The van der Waals surface area contributed by atoms with Crippen LogP contribution in [0.2, 0.25) is 0 Å². The number of ether oxygens (including phenoxy) is 4. The highest BCUT2D eigenvalue weighted by molar-refractivity contribution is 5.70. The molecule has 2 fully saturated rings. The Morgan fingerprint density at radius 2 is 1.76 bits per heavy atom. The monoisotopic (exact) mass is 673 g/mol. The van der Waals surface area contributed by atoms with Gasteiger partial charge < -0.3 is 28.5 Å². The molecule has 0 radical (unpaired) electrons. The van der Waals surface area contributed by atoms with E-state index in [0.29, 0.717) is 24.8 Å². The van der Waals surface area contributed by atoms with Crippen LogP contribution in [0.25, 0.3) is 11.3 Å². The molecule has 11 heteroatoms. The summed E-state index contributed by atoms with van der Waals surface area (Å²) in [4.78, 5) is 55.8. The summed E-state index contributed by atoms with van der Waals surface area (Å²) in [5.74, 6) is -2.23. The number of esters is 3. The van der Waals surface area contributed by atoms with E-state index in [9.17, 15) is 24.3 Å². The molecule has 3 heterocycles. The Morgan fingerprint density at radius 1 is 1.00 bits per heavy atom. The van der Waals surface area contributed by atoms with Gasteiger partial charge in [0.1, 0.15) is 41.5 Å². The first kappa shape index (κ1) is 34.4. The van der Waals surface area contributed by atoms with E-state index in [4.69, 9.17) is 23.4 Å². The Balaban J connectivity index is 1.45. The molecule has 2 saturated carbocycles. The van der Waals surface area contributed by atoms with Crippen LogP contribution in [0.3, 0.4) is 0 Å². The fourth-order valence-corrected chi connectivity index (χ4v) is 8.95. The number of carbonyl (C=O) groups is 3. The number of aryl methyl sites for hydroxylation is 1. The van der Waals surface area contributed by atoms with Crippen LogP contribution in [-0.4, -0.2) is 52.4 Å². The van der Waals surface area contributed by atoms with E-state index in [2.05, 4.69) is 4.98 Å². The van der Waals surface area contributed by atoms with Gasteiger partial charge in [-0.25, -0.2) is 4.79 Å². The van der Waals surface area contributed by atoms with Crippen molar-refractivity contribution in [1.29, 1.82) is 0 Å². The third-order valence-corrected chi connectivity index (χ3v) is 11.2. The summed E-state index contributed by atoms with van der Waals surface area (Å²) in [6.07, 6.45) is 2.00. The highest BCUT2D eigenvalue weighted by Gasteiger charge is 2.71. The van der Waals surface area contributed by atoms with E-state index in [1.54, 1.807) is 30.6 Å². The van der Waals surface area contributed by atoms with Crippen molar-refractivity contribution in [3.05, 3.63) is 82.5 Å². The first-order chi connectivity index (χ1) is 23.3. The van der Waals surface area contributed by atoms with Crippen molar-refractivity contribution in [2.75, 3.05) is 6.61 Å². The molecule has 0 amide bonds. The second kappa shape index (κ2) is 13.1. The Kier molecular flexibility index (Phi) is 9.17. The first-order valence-electron chi connectivity index (χ1n) is 16.8. The summed E-state index contributed by atoms with van der Waals surface area (Å²) >= 11 is 0. The second-order valence-corrected chi connectivity index (χ2v) is 14.3. The predicted molar refractivity (Wildman–Crippen MR) is 176 cm³/mol. The van der Waals surface area contributed by atoms with Crippen molar-refractivity contribution < 1.29 is 42.9 Å². The normalized spacial score (nSPS) is 31.6. The van der Waals surface area contributed by atoms with Gasteiger partial charge in [0.15, 0.2) is 0 Å². The molecule has 1 aromatic carbocycles. The molecule has 2 aliphatic carbocycles. The molecule has 0 spiro atoms. The maximum atomic E-state index is 13.6. The first-order valence-corrected chi connectivity index (χ1v) is 16.8. The zero-order chi connectivity index (χ0) is 35.1. The molecule has 0 saturated heterocycles. The van der Waals surface area contributed by atoms with Gasteiger partial charge in [0, 0.05) is 55.6 Å². The number of aromatic nitrogens is 1. The Hall–Kier alpha value is -4.51. The molecule has 0 bridgehead atoms. The topological polar surface area (TPSA) is 151 Å². The average molecular weight is 674 g/mol. The Labute approximate surface area is 284 Å². The van der Waals surface area contributed by atoms with Crippen LogP contribution in [0.1, 0.15) is 77.5 Å².